The maximum Gasteiger partial charge on any atom is 0.227 e. The summed E-state index contributed by atoms with van der Waals surface area (Å²) in [6.45, 7) is 3.78. The predicted molar refractivity (Wildman–Crippen MR) is 82.5 cm³/mol. The summed E-state index contributed by atoms with van der Waals surface area (Å²) in [5.74, 6) is 0.200. The van der Waals surface area contributed by atoms with Gasteiger partial charge in [0, 0.05) is 12.1 Å². The van der Waals surface area contributed by atoms with Gasteiger partial charge in [-0.25, -0.2) is 4.68 Å². The second kappa shape index (κ2) is 6.10. The lowest BCUT2D eigenvalue weighted by atomic mass is 9.97. The number of aryl methyl sites for hydroxylation is 1. The Labute approximate surface area is 124 Å². The minimum atomic E-state index is 0.0960. The molecule has 0 unspecified atom stereocenters. The molecule has 21 heavy (non-hydrogen) atoms. The Balaban J connectivity index is 1.80. The van der Waals surface area contributed by atoms with Crippen LogP contribution in [0.1, 0.15) is 18.5 Å². The first-order chi connectivity index (χ1) is 10.2. The number of nitrogens with one attached hydrogen (secondary N) is 2. The van der Waals surface area contributed by atoms with E-state index in [2.05, 4.69) is 15.7 Å². The molecule has 2 heterocycles. The zero-order valence-corrected chi connectivity index (χ0v) is 12.2. The van der Waals surface area contributed by atoms with Crippen LogP contribution in [0.5, 0.6) is 0 Å². The van der Waals surface area contributed by atoms with Crippen LogP contribution < -0.4 is 10.6 Å². The molecule has 2 aromatic rings. The Hall–Kier alpha value is -2.14. The lowest BCUT2D eigenvalue weighted by molar-refractivity contribution is -0.120. The van der Waals surface area contributed by atoms with Crippen molar-refractivity contribution in [3.05, 3.63) is 42.2 Å². The summed E-state index contributed by atoms with van der Waals surface area (Å²) < 4.78 is 1.80. The van der Waals surface area contributed by atoms with E-state index in [-0.39, 0.29) is 11.8 Å². The lowest BCUT2D eigenvalue weighted by Crippen LogP contribution is -2.34. The van der Waals surface area contributed by atoms with Crippen molar-refractivity contribution >= 4 is 11.6 Å². The topological polar surface area (TPSA) is 59.0 Å². The second-order valence-corrected chi connectivity index (χ2v) is 5.43. The standard InChI is InChI=1S/C16H20N4O/c1-12-8-11-20(19-12)15-5-3-2-4-14(15)18-16(21)13-6-9-17-10-7-13/h2-5,8,11,13,17H,6-7,9-10H2,1H3,(H,18,21). The summed E-state index contributed by atoms with van der Waals surface area (Å²) in [7, 11) is 0. The van der Waals surface area contributed by atoms with Crippen LogP contribution in [0.25, 0.3) is 5.69 Å². The average Bonchev–Trinajstić information content (AvgIpc) is 2.95. The number of anilines is 1. The van der Waals surface area contributed by atoms with Crippen LogP contribution in [0.3, 0.4) is 0 Å². The molecule has 0 saturated carbocycles. The maximum absolute atomic E-state index is 12.4. The zero-order chi connectivity index (χ0) is 14.7. The molecule has 0 aliphatic carbocycles. The van der Waals surface area contributed by atoms with Crippen LogP contribution in [0.4, 0.5) is 5.69 Å². The SMILES string of the molecule is Cc1ccn(-c2ccccc2NC(=O)C2CCNCC2)n1. The van der Waals surface area contributed by atoms with E-state index >= 15 is 0 Å². The molecule has 3 rings (SSSR count). The molecule has 1 fully saturated rings. The molecule has 1 amide bonds. The molecule has 1 aliphatic rings. The van der Waals surface area contributed by atoms with Crippen molar-refractivity contribution < 1.29 is 4.79 Å². The molecule has 1 saturated heterocycles. The maximum atomic E-state index is 12.4. The highest BCUT2D eigenvalue weighted by Gasteiger charge is 2.21. The zero-order valence-electron chi connectivity index (χ0n) is 12.2. The van der Waals surface area contributed by atoms with Gasteiger partial charge in [-0.05, 0) is 51.1 Å². The third kappa shape index (κ3) is 3.13. The van der Waals surface area contributed by atoms with Gasteiger partial charge >= 0.3 is 0 Å². The van der Waals surface area contributed by atoms with Crippen molar-refractivity contribution in [2.75, 3.05) is 18.4 Å². The molecular weight excluding hydrogens is 264 g/mol. The number of amides is 1. The molecule has 0 atom stereocenters. The minimum absolute atomic E-state index is 0.0960. The number of hydrogen-bond donors (Lipinski definition) is 2. The largest absolute Gasteiger partial charge is 0.324 e. The first-order valence-electron chi connectivity index (χ1n) is 7.37. The van der Waals surface area contributed by atoms with Crippen molar-refractivity contribution in [1.82, 2.24) is 15.1 Å². The highest BCUT2D eigenvalue weighted by atomic mass is 16.1. The summed E-state index contributed by atoms with van der Waals surface area (Å²) >= 11 is 0. The number of nitrogens with zero attached hydrogens (tertiary/aromatic N) is 2. The molecular formula is C16H20N4O. The van der Waals surface area contributed by atoms with Crippen LogP contribution in [-0.2, 0) is 4.79 Å². The van der Waals surface area contributed by atoms with Crippen molar-refractivity contribution in [2.24, 2.45) is 5.92 Å². The average molecular weight is 284 g/mol. The molecule has 5 heteroatoms. The Morgan fingerprint density at radius 1 is 1.29 bits per heavy atom. The normalized spacial score (nSPS) is 15.9. The third-order valence-corrected chi connectivity index (χ3v) is 3.84. The van der Waals surface area contributed by atoms with E-state index in [1.54, 1.807) is 4.68 Å². The van der Waals surface area contributed by atoms with Gasteiger partial charge in [-0.2, -0.15) is 5.10 Å². The smallest absolute Gasteiger partial charge is 0.227 e. The number of benzene rings is 1. The molecule has 1 aromatic carbocycles. The fraction of sp³-hybridized carbons (Fsp3) is 0.375. The quantitative estimate of drug-likeness (QED) is 0.907. The van der Waals surface area contributed by atoms with E-state index < -0.39 is 0 Å². The lowest BCUT2D eigenvalue weighted by Gasteiger charge is -2.22. The van der Waals surface area contributed by atoms with Crippen LogP contribution in [0.15, 0.2) is 36.5 Å². The molecule has 110 valence electrons. The second-order valence-electron chi connectivity index (χ2n) is 5.43. The van der Waals surface area contributed by atoms with E-state index in [4.69, 9.17) is 0 Å². The van der Waals surface area contributed by atoms with Crippen LogP contribution in [0, 0.1) is 12.8 Å². The van der Waals surface area contributed by atoms with Crippen LogP contribution in [0.2, 0.25) is 0 Å². The highest BCUT2D eigenvalue weighted by Crippen LogP contribution is 2.22. The molecule has 0 spiro atoms. The Kier molecular flexibility index (Phi) is 4.01. The van der Waals surface area contributed by atoms with Crippen molar-refractivity contribution in [3.8, 4) is 5.69 Å². The first-order valence-corrected chi connectivity index (χ1v) is 7.37. The molecule has 0 bridgehead atoms. The van der Waals surface area contributed by atoms with Crippen molar-refractivity contribution in [3.63, 3.8) is 0 Å². The number of hydrogen-bond acceptors (Lipinski definition) is 3. The van der Waals surface area contributed by atoms with Gasteiger partial charge < -0.3 is 10.6 Å². The molecule has 1 aromatic heterocycles. The van der Waals surface area contributed by atoms with E-state index in [1.807, 2.05) is 43.5 Å². The van der Waals surface area contributed by atoms with Gasteiger partial charge in [0.2, 0.25) is 5.91 Å². The third-order valence-electron chi connectivity index (χ3n) is 3.84. The number of rotatable bonds is 3. The van der Waals surface area contributed by atoms with Gasteiger partial charge in [0.15, 0.2) is 0 Å². The summed E-state index contributed by atoms with van der Waals surface area (Å²) in [5, 5.41) is 10.8. The Bertz CT molecular complexity index is 629. The molecule has 2 N–H and O–H groups in total. The van der Waals surface area contributed by atoms with Gasteiger partial charge in [0.05, 0.1) is 17.1 Å². The fourth-order valence-corrected chi connectivity index (χ4v) is 2.65. The number of carbonyl (C=O) groups excluding carboxylic acids is 1. The van der Waals surface area contributed by atoms with Gasteiger partial charge in [0.1, 0.15) is 0 Å². The minimum Gasteiger partial charge on any atom is -0.324 e. The Morgan fingerprint density at radius 2 is 2.05 bits per heavy atom. The number of carbonyl (C=O) groups is 1. The monoisotopic (exact) mass is 284 g/mol. The van der Waals surface area contributed by atoms with Gasteiger partial charge in [0.25, 0.3) is 0 Å². The first kappa shape index (κ1) is 13.8. The predicted octanol–water partition coefficient (Wildman–Crippen LogP) is 2.12. The van der Waals surface area contributed by atoms with Crippen molar-refractivity contribution in [1.29, 1.82) is 0 Å². The number of piperidine rings is 1. The van der Waals surface area contributed by atoms with Crippen LogP contribution >= 0.6 is 0 Å². The summed E-state index contributed by atoms with van der Waals surface area (Å²) in [5.41, 5.74) is 2.66. The number of para-hydroxylation sites is 2. The van der Waals surface area contributed by atoms with Gasteiger partial charge in [-0.3, -0.25) is 4.79 Å². The van der Waals surface area contributed by atoms with E-state index in [0.29, 0.717) is 0 Å². The summed E-state index contributed by atoms with van der Waals surface area (Å²) in [6, 6.07) is 9.71. The Morgan fingerprint density at radius 3 is 2.76 bits per heavy atom. The molecule has 1 aliphatic heterocycles. The molecule has 0 radical (unpaired) electrons. The molecule has 5 nitrogen and oxygen atoms in total. The van der Waals surface area contributed by atoms with E-state index in [1.165, 1.54) is 0 Å². The fourth-order valence-electron chi connectivity index (χ4n) is 2.65. The van der Waals surface area contributed by atoms with Crippen molar-refractivity contribution in [2.45, 2.75) is 19.8 Å². The number of aromatic nitrogens is 2. The van der Waals surface area contributed by atoms with Gasteiger partial charge in [-0.1, -0.05) is 12.1 Å². The van der Waals surface area contributed by atoms with Gasteiger partial charge in [-0.15, -0.1) is 0 Å². The summed E-state index contributed by atoms with van der Waals surface area (Å²) in [6.07, 6.45) is 3.70. The van der Waals surface area contributed by atoms with E-state index in [0.717, 1.165) is 43.0 Å². The summed E-state index contributed by atoms with van der Waals surface area (Å²) in [4.78, 5) is 12.4. The highest BCUT2D eigenvalue weighted by molar-refractivity contribution is 5.94. The van der Waals surface area contributed by atoms with Crippen LogP contribution in [-0.4, -0.2) is 28.8 Å². The van der Waals surface area contributed by atoms with E-state index in [9.17, 15) is 4.79 Å².